The zero-order chi connectivity index (χ0) is 21.7. The summed E-state index contributed by atoms with van der Waals surface area (Å²) in [6.07, 6.45) is 0.0865. The number of carbonyl (C=O) groups is 1. The van der Waals surface area contributed by atoms with E-state index in [1.165, 1.54) is 31.4 Å². The molecule has 0 aromatic heterocycles. The van der Waals surface area contributed by atoms with E-state index in [4.69, 9.17) is 4.74 Å². The Kier molecular flexibility index (Phi) is 6.91. The maximum Gasteiger partial charge on any atom is 0.324 e. The van der Waals surface area contributed by atoms with Gasteiger partial charge >= 0.3 is 5.97 Å². The number of esters is 1. The van der Waals surface area contributed by atoms with Gasteiger partial charge < -0.3 is 9.84 Å². The number of methoxy groups -OCH3 is 1. The van der Waals surface area contributed by atoms with Gasteiger partial charge in [-0.15, -0.1) is 0 Å². The van der Waals surface area contributed by atoms with Gasteiger partial charge in [0.2, 0.25) is 10.0 Å². The Hall–Kier alpha value is -2.68. The number of sulfonamides is 1. The molecular formula is C22H20BrNO5S. The lowest BCUT2D eigenvalue weighted by molar-refractivity contribution is -0.142. The van der Waals surface area contributed by atoms with E-state index >= 15 is 0 Å². The van der Waals surface area contributed by atoms with Gasteiger partial charge in [0, 0.05) is 4.47 Å². The van der Waals surface area contributed by atoms with Gasteiger partial charge in [0.15, 0.2) is 0 Å². The zero-order valence-corrected chi connectivity index (χ0v) is 18.5. The van der Waals surface area contributed by atoms with E-state index in [1.54, 1.807) is 24.3 Å². The Bertz CT molecular complexity index is 1110. The van der Waals surface area contributed by atoms with Gasteiger partial charge in [-0.25, -0.2) is 8.42 Å². The molecule has 8 heteroatoms. The van der Waals surface area contributed by atoms with Crippen LogP contribution < -0.4 is 4.72 Å². The lowest BCUT2D eigenvalue weighted by atomic mass is 10.1. The summed E-state index contributed by atoms with van der Waals surface area (Å²) < 4.78 is 33.8. The molecule has 0 aliphatic rings. The number of benzene rings is 3. The van der Waals surface area contributed by atoms with Gasteiger partial charge in [-0.2, -0.15) is 4.72 Å². The van der Waals surface area contributed by atoms with Crippen LogP contribution in [0.3, 0.4) is 0 Å². The van der Waals surface area contributed by atoms with Crippen molar-refractivity contribution in [3.8, 4) is 16.9 Å². The molecule has 3 rings (SSSR count). The van der Waals surface area contributed by atoms with E-state index in [2.05, 4.69) is 20.7 Å². The first-order valence-corrected chi connectivity index (χ1v) is 11.3. The second-order valence-corrected chi connectivity index (χ2v) is 9.23. The van der Waals surface area contributed by atoms with Crippen molar-refractivity contribution in [2.75, 3.05) is 7.11 Å². The molecule has 0 heterocycles. The Morgan fingerprint density at radius 2 is 1.50 bits per heavy atom. The summed E-state index contributed by atoms with van der Waals surface area (Å²) in [5.74, 6) is -0.613. The smallest absolute Gasteiger partial charge is 0.324 e. The van der Waals surface area contributed by atoms with Crippen molar-refractivity contribution in [3.63, 3.8) is 0 Å². The van der Waals surface area contributed by atoms with E-state index in [9.17, 15) is 18.3 Å². The van der Waals surface area contributed by atoms with Crippen molar-refractivity contribution >= 4 is 31.9 Å². The number of ether oxygens (including phenoxy) is 1. The molecule has 3 aromatic carbocycles. The SMILES string of the molecule is COC(=O)[C@@H](Cc1ccc(O)cc1)NS(=O)(=O)c1ccc(-c2ccc(Br)cc2)cc1. The fraction of sp³-hybridized carbons (Fsp3) is 0.136. The predicted molar refractivity (Wildman–Crippen MR) is 118 cm³/mol. The quantitative estimate of drug-likeness (QED) is 0.491. The van der Waals surface area contributed by atoms with Crippen LogP contribution in [0.1, 0.15) is 5.56 Å². The molecule has 0 bridgehead atoms. The highest BCUT2D eigenvalue weighted by molar-refractivity contribution is 9.10. The molecule has 0 aliphatic heterocycles. The molecule has 6 nitrogen and oxygen atoms in total. The van der Waals surface area contributed by atoms with Crippen LogP contribution in [-0.4, -0.2) is 32.6 Å². The number of hydrogen-bond acceptors (Lipinski definition) is 5. The number of nitrogens with one attached hydrogen (secondary N) is 1. The summed E-state index contributed by atoms with van der Waals surface area (Å²) >= 11 is 3.39. The molecule has 0 radical (unpaired) electrons. The molecule has 0 spiro atoms. The van der Waals surface area contributed by atoms with Gasteiger partial charge in [-0.3, -0.25) is 4.79 Å². The first-order chi connectivity index (χ1) is 14.3. The van der Waals surface area contributed by atoms with Crippen LogP contribution >= 0.6 is 15.9 Å². The highest BCUT2D eigenvalue weighted by Crippen LogP contribution is 2.23. The standard InChI is InChI=1S/C22H20BrNO5S/c1-29-22(26)21(14-15-2-10-19(25)11-3-15)24-30(27,28)20-12-6-17(7-13-20)16-4-8-18(23)9-5-16/h2-13,21,24-25H,14H2,1H3/t21-/m1/s1. The number of aromatic hydroxyl groups is 1. The Labute approximate surface area is 183 Å². The van der Waals surface area contributed by atoms with Crippen LogP contribution in [0.5, 0.6) is 5.75 Å². The third-order valence-electron chi connectivity index (χ3n) is 4.50. The minimum absolute atomic E-state index is 0.0444. The molecule has 1 atom stereocenters. The van der Waals surface area contributed by atoms with Gasteiger partial charge in [-0.05, 0) is 59.5 Å². The molecule has 0 aliphatic carbocycles. The van der Waals surface area contributed by atoms with Crippen LogP contribution in [0.15, 0.2) is 82.2 Å². The number of phenols is 1. The topological polar surface area (TPSA) is 92.7 Å². The van der Waals surface area contributed by atoms with Crippen molar-refractivity contribution < 1.29 is 23.1 Å². The summed E-state index contributed by atoms with van der Waals surface area (Å²) in [6, 6.07) is 19.2. The zero-order valence-electron chi connectivity index (χ0n) is 16.1. The number of hydrogen-bond donors (Lipinski definition) is 2. The van der Waals surface area contributed by atoms with E-state index < -0.39 is 22.0 Å². The molecule has 0 amide bonds. The van der Waals surface area contributed by atoms with Gasteiger partial charge in [0.1, 0.15) is 11.8 Å². The summed E-state index contributed by atoms with van der Waals surface area (Å²) in [7, 11) is -2.75. The third kappa shape index (κ3) is 5.47. The van der Waals surface area contributed by atoms with Gasteiger partial charge in [0.25, 0.3) is 0 Å². The fourth-order valence-corrected chi connectivity index (χ4v) is 4.36. The van der Waals surface area contributed by atoms with Crippen molar-refractivity contribution in [1.29, 1.82) is 0 Å². The Balaban J connectivity index is 1.80. The van der Waals surface area contributed by atoms with E-state index in [1.807, 2.05) is 24.3 Å². The van der Waals surface area contributed by atoms with Crippen molar-refractivity contribution in [1.82, 2.24) is 4.72 Å². The monoisotopic (exact) mass is 489 g/mol. The average molecular weight is 490 g/mol. The van der Waals surface area contributed by atoms with Crippen molar-refractivity contribution in [2.24, 2.45) is 0 Å². The lowest BCUT2D eigenvalue weighted by Crippen LogP contribution is -2.42. The molecule has 156 valence electrons. The molecular weight excluding hydrogens is 470 g/mol. The Morgan fingerprint density at radius 1 is 0.967 bits per heavy atom. The number of halogens is 1. The van der Waals surface area contributed by atoms with Crippen LogP contribution in [0.4, 0.5) is 0 Å². The summed E-state index contributed by atoms with van der Waals surface area (Å²) in [5, 5.41) is 9.39. The number of rotatable bonds is 7. The molecule has 3 aromatic rings. The normalized spacial score (nSPS) is 12.3. The van der Waals surface area contributed by atoms with Crippen molar-refractivity contribution in [2.45, 2.75) is 17.4 Å². The second kappa shape index (κ2) is 9.42. The number of phenolic OH excluding ortho intramolecular Hbond substituents is 1. The maximum atomic E-state index is 12.8. The number of carbonyl (C=O) groups excluding carboxylic acids is 1. The van der Waals surface area contributed by atoms with E-state index in [0.717, 1.165) is 15.6 Å². The predicted octanol–water partition coefficient (Wildman–Crippen LogP) is 3.88. The van der Waals surface area contributed by atoms with Crippen LogP contribution in [0, 0.1) is 0 Å². The van der Waals surface area contributed by atoms with Crippen molar-refractivity contribution in [3.05, 3.63) is 82.8 Å². The van der Waals surface area contributed by atoms with E-state index in [0.29, 0.717) is 5.56 Å². The fourth-order valence-electron chi connectivity index (χ4n) is 2.91. The third-order valence-corrected chi connectivity index (χ3v) is 6.52. The molecule has 2 N–H and O–H groups in total. The average Bonchev–Trinajstić information content (AvgIpc) is 2.75. The van der Waals surface area contributed by atoms with Crippen LogP contribution in [0.2, 0.25) is 0 Å². The first-order valence-electron chi connectivity index (χ1n) is 9.02. The highest BCUT2D eigenvalue weighted by atomic mass is 79.9. The van der Waals surface area contributed by atoms with Gasteiger partial charge in [-0.1, -0.05) is 52.3 Å². The first kappa shape index (κ1) is 22.0. The maximum absolute atomic E-state index is 12.8. The lowest BCUT2D eigenvalue weighted by Gasteiger charge is -2.17. The van der Waals surface area contributed by atoms with Gasteiger partial charge in [0.05, 0.1) is 12.0 Å². The largest absolute Gasteiger partial charge is 0.508 e. The molecule has 0 saturated heterocycles. The van der Waals surface area contributed by atoms with E-state index in [-0.39, 0.29) is 17.1 Å². The Morgan fingerprint density at radius 3 is 2.03 bits per heavy atom. The van der Waals surface area contributed by atoms with Crippen LogP contribution in [0.25, 0.3) is 11.1 Å². The minimum atomic E-state index is -3.96. The highest BCUT2D eigenvalue weighted by Gasteiger charge is 2.26. The summed E-state index contributed by atoms with van der Waals surface area (Å²) in [4.78, 5) is 12.2. The molecule has 0 fully saturated rings. The molecule has 0 saturated carbocycles. The van der Waals surface area contributed by atoms with Crippen LogP contribution in [-0.2, 0) is 26.0 Å². The molecule has 30 heavy (non-hydrogen) atoms. The summed E-state index contributed by atoms with van der Waals surface area (Å²) in [5.41, 5.74) is 2.50. The summed E-state index contributed by atoms with van der Waals surface area (Å²) in [6.45, 7) is 0. The minimum Gasteiger partial charge on any atom is -0.508 e. The second-order valence-electron chi connectivity index (χ2n) is 6.60. The molecule has 0 unspecified atom stereocenters.